The Morgan fingerprint density at radius 1 is 1.06 bits per heavy atom. The lowest BCUT2D eigenvalue weighted by atomic mass is 10.1. The number of ketones is 1. The van der Waals surface area contributed by atoms with Gasteiger partial charge in [0.05, 0.1) is 22.5 Å². The summed E-state index contributed by atoms with van der Waals surface area (Å²) in [6, 6.07) is 9.11. The topological polar surface area (TPSA) is 54.3 Å². The van der Waals surface area contributed by atoms with Crippen LogP contribution in [0.15, 0.2) is 42.7 Å². The molecule has 3 aromatic rings. The Morgan fingerprint density at radius 3 is 2.41 bits per heavy atom. The zero-order valence-corrected chi connectivity index (χ0v) is 20.6. The molecule has 1 aromatic carbocycles. The maximum Gasteiger partial charge on any atom is 0.172 e. The normalized spacial score (nSPS) is 14.3. The van der Waals surface area contributed by atoms with Crippen LogP contribution in [0, 0.1) is 6.92 Å². The highest BCUT2D eigenvalue weighted by atomic mass is 35.5. The van der Waals surface area contributed by atoms with Gasteiger partial charge in [-0.2, -0.15) is 5.10 Å². The van der Waals surface area contributed by atoms with Crippen molar-refractivity contribution in [2.24, 2.45) is 0 Å². The largest absolute Gasteiger partial charge is 0.369 e. The summed E-state index contributed by atoms with van der Waals surface area (Å²) in [5.74, 6) is 0.595. The Morgan fingerprint density at radius 2 is 1.75 bits per heavy atom. The Bertz CT molecular complexity index is 1080. The highest BCUT2D eigenvalue weighted by molar-refractivity contribution is 6.35. The van der Waals surface area contributed by atoms with Crippen molar-refractivity contribution in [3.8, 4) is 5.82 Å². The van der Waals surface area contributed by atoms with E-state index in [1.165, 1.54) is 0 Å². The average Bonchev–Trinajstić information content (AvgIpc) is 3.13. The van der Waals surface area contributed by atoms with Crippen molar-refractivity contribution in [3.05, 3.63) is 69.1 Å². The van der Waals surface area contributed by atoms with Crippen molar-refractivity contribution in [1.29, 1.82) is 0 Å². The van der Waals surface area contributed by atoms with Crippen LogP contribution in [0.25, 0.3) is 5.82 Å². The number of carbonyl (C=O) groups excluding carboxylic acids is 1. The van der Waals surface area contributed by atoms with Crippen LogP contribution in [0.1, 0.15) is 22.5 Å². The highest BCUT2D eigenvalue weighted by Crippen LogP contribution is 2.26. The summed E-state index contributed by atoms with van der Waals surface area (Å²) in [5, 5.41) is 6.09. The van der Waals surface area contributed by atoms with Crippen LogP contribution in [0.4, 0.5) is 5.69 Å². The van der Waals surface area contributed by atoms with E-state index in [9.17, 15) is 4.79 Å². The van der Waals surface area contributed by atoms with E-state index in [1.807, 2.05) is 19.1 Å². The lowest BCUT2D eigenvalue weighted by Gasteiger charge is -2.36. The van der Waals surface area contributed by atoms with Gasteiger partial charge in [-0.05, 0) is 37.3 Å². The lowest BCUT2D eigenvalue weighted by Crippen LogP contribution is -2.46. The molecule has 0 bridgehead atoms. The second kappa shape index (κ2) is 10.9. The molecule has 1 aliphatic heterocycles. The van der Waals surface area contributed by atoms with Crippen molar-refractivity contribution in [3.63, 3.8) is 0 Å². The number of hydrogen-bond donors (Lipinski definition) is 0. The van der Waals surface area contributed by atoms with E-state index < -0.39 is 0 Å². The van der Waals surface area contributed by atoms with Gasteiger partial charge >= 0.3 is 0 Å². The summed E-state index contributed by atoms with van der Waals surface area (Å²) in [4.78, 5) is 21.7. The molecule has 2 aromatic heterocycles. The first-order valence-electron chi connectivity index (χ1n) is 10.0. The minimum atomic E-state index is 0. The second-order valence-electron chi connectivity index (χ2n) is 7.49. The summed E-state index contributed by atoms with van der Waals surface area (Å²) < 4.78 is 1.62. The van der Waals surface area contributed by atoms with Crippen LogP contribution in [0.3, 0.4) is 0 Å². The second-order valence-corrected chi connectivity index (χ2v) is 8.77. The first-order chi connectivity index (χ1) is 14.9. The van der Waals surface area contributed by atoms with Gasteiger partial charge < -0.3 is 4.90 Å². The van der Waals surface area contributed by atoms with Crippen molar-refractivity contribution in [2.45, 2.75) is 13.3 Å². The van der Waals surface area contributed by atoms with E-state index in [0.29, 0.717) is 39.4 Å². The number of nitrogens with zero attached hydrogens (tertiary/aromatic N) is 5. The van der Waals surface area contributed by atoms with Crippen LogP contribution in [0.5, 0.6) is 0 Å². The van der Waals surface area contributed by atoms with Gasteiger partial charge in [0.15, 0.2) is 11.6 Å². The van der Waals surface area contributed by atoms with Crippen molar-refractivity contribution < 1.29 is 4.79 Å². The molecule has 10 heteroatoms. The summed E-state index contributed by atoms with van der Waals surface area (Å²) >= 11 is 18.5. The highest BCUT2D eigenvalue weighted by Gasteiger charge is 2.21. The van der Waals surface area contributed by atoms with Gasteiger partial charge in [-0.1, -0.05) is 34.8 Å². The SMILES string of the molecule is Cc1c(C(=O)CCN2CCN(c3cc(Cl)cc(Cl)c3)CC2)cnn1-c1ncccc1Cl.Cl. The Balaban J connectivity index is 0.00000289. The predicted molar refractivity (Wildman–Crippen MR) is 132 cm³/mol. The molecule has 0 saturated carbocycles. The fourth-order valence-corrected chi connectivity index (χ4v) is 4.49. The van der Waals surface area contributed by atoms with E-state index in [1.54, 1.807) is 35.3 Å². The molecule has 1 aliphatic rings. The smallest absolute Gasteiger partial charge is 0.172 e. The first kappa shape index (κ1) is 24.8. The number of Topliss-reactive ketones (excluding diaryl/α,β-unsaturated/α-hetero) is 1. The monoisotopic (exact) mass is 513 g/mol. The molecule has 0 spiro atoms. The number of benzene rings is 1. The molecule has 32 heavy (non-hydrogen) atoms. The van der Waals surface area contributed by atoms with Crippen molar-refractivity contribution in [2.75, 3.05) is 37.6 Å². The number of hydrogen-bond acceptors (Lipinski definition) is 5. The summed E-state index contributed by atoms with van der Waals surface area (Å²) in [6.45, 7) is 6.04. The fraction of sp³-hybridized carbons (Fsp3) is 0.318. The van der Waals surface area contributed by atoms with Crippen molar-refractivity contribution in [1.82, 2.24) is 19.7 Å². The predicted octanol–water partition coefficient (Wildman–Crippen LogP) is 5.35. The third kappa shape index (κ3) is 5.56. The standard InChI is InChI=1S/C22H22Cl3N5O.ClH/c1-15-19(14-27-30(15)22-20(25)3-2-5-26-22)21(31)4-6-28-7-9-29(10-8-28)18-12-16(23)11-17(24)13-18;/h2-3,5,11-14H,4,6-10H2,1H3;1H. The molecule has 6 nitrogen and oxygen atoms in total. The molecule has 1 fully saturated rings. The molecule has 0 amide bonds. The van der Waals surface area contributed by atoms with E-state index in [0.717, 1.165) is 37.6 Å². The number of aromatic nitrogens is 3. The number of rotatable bonds is 6. The number of halogens is 4. The quantitative estimate of drug-likeness (QED) is 0.415. The van der Waals surface area contributed by atoms with Crippen LogP contribution in [0.2, 0.25) is 15.1 Å². The maximum atomic E-state index is 12.8. The third-order valence-corrected chi connectivity index (χ3v) is 6.22. The van der Waals surface area contributed by atoms with Gasteiger partial charge in [-0.25, -0.2) is 9.67 Å². The van der Waals surface area contributed by atoms with Crippen LogP contribution in [-0.2, 0) is 0 Å². The van der Waals surface area contributed by atoms with E-state index >= 15 is 0 Å². The number of carbonyl (C=O) groups is 1. The lowest BCUT2D eigenvalue weighted by molar-refractivity contribution is 0.0962. The van der Waals surface area contributed by atoms with Gasteiger partial charge in [-0.15, -0.1) is 12.4 Å². The Hall–Kier alpha value is -1.83. The van der Waals surface area contributed by atoms with E-state index in [-0.39, 0.29) is 18.2 Å². The molecule has 0 atom stereocenters. The van der Waals surface area contributed by atoms with E-state index in [2.05, 4.69) is 19.9 Å². The van der Waals surface area contributed by atoms with Crippen LogP contribution < -0.4 is 4.90 Å². The molecular weight excluding hydrogens is 492 g/mol. The summed E-state index contributed by atoms with van der Waals surface area (Å²) in [6.07, 6.45) is 3.69. The minimum absolute atomic E-state index is 0. The zero-order chi connectivity index (χ0) is 22.0. The van der Waals surface area contributed by atoms with Gasteiger partial charge in [0, 0.05) is 61.1 Å². The molecule has 0 aliphatic carbocycles. The van der Waals surface area contributed by atoms with Gasteiger partial charge in [-0.3, -0.25) is 9.69 Å². The minimum Gasteiger partial charge on any atom is -0.369 e. The number of piperazine rings is 1. The first-order valence-corrected chi connectivity index (χ1v) is 11.2. The fourth-order valence-electron chi connectivity index (χ4n) is 3.78. The van der Waals surface area contributed by atoms with Gasteiger partial charge in [0.1, 0.15) is 0 Å². The molecule has 3 heterocycles. The van der Waals surface area contributed by atoms with Crippen LogP contribution in [-0.4, -0.2) is 58.2 Å². The molecule has 0 N–H and O–H groups in total. The van der Waals surface area contributed by atoms with Crippen LogP contribution >= 0.6 is 47.2 Å². The van der Waals surface area contributed by atoms with E-state index in [4.69, 9.17) is 34.8 Å². The molecule has 0 unspecified atom stereocenters. The molecule has 0 radical (unpaired) electrons. The zero-order valence-electron chi connectivity index (χ0n) is 17.5. The number of pyridine rings is 1. The summed E-state index contributed by atoms with van der Waals surface area (Å²) in [5.41, 5.74) is 2.38. The molecule has 1 saturated heterocycles. The maximum absolute atomic E-state index is 12.8. The average molecular weight is 515 g/mol. The Kier molecular flexibility index (Phi) is 8.42. The van der Waals surface area contributed by atoms with Crippen molar-refractivity contribution >= 4 is 58.7 Å². The number of anilines is 1. The third-order valence-electron chi connectivity index (χ3n) is 5.49. The van der Waals surface area contributed by atoms with Gasteiger partial charge in [0.2, 0.25) is 0 Å². The summed E-state index contributed by atoms with van der Waals surface area (Å²) in [7, 11) is 0. The van der Waals surface area contributed by atoms with Gasteiger partial charge in [0.25, 0.3) is 0 Å². The molecule has 170 valence electrons. The molecular formula is C22H23Cl4N5O. The molecule has 4 rings (SSSR count). The Labute approximate surface area is 208 Å².